The van der Waals surface area contributed by atoms with Crippen molar-refractivity contribution in [3.05, 3.63) is 94.0 Å². The van der Waals surface area contributed by atoms with Crippen molar-refractivity contribution in [1.29, 1.82) is 0 Å². The van der Waals surface area contributed by atoms with E-state index in [1.54, 1.807) is 24.3 Å². The van der Waals surface area contributed by atoms with Gasteiger partial charge in [0.15, 0.2) is 0 Å². The molecule has 3 rings (SSSR count). The molecular weight excluding hydrogens is 569 g/mol. The largest absolute Gasteiger partial charge is 0.350 e. The van der Waals surface area contributed by atoms with Gasteiger partial charge in [0.05, 0.1) is 20.6 Å². The maximum atomic E-state index is 14.1. The predicted molar refractivity (Wildman–Crippen MR) is 161 cm³/mol. The van der Waals surface area contributed by atoms with Gasteiger partial charge >= 0.3 is 0 Å². The minimum atomic E-state index is -4.24. The average Bonchev–Trinajstić information content (AvgIpc) is 2.89. The highest BCUT2D eigenvalue weighted by Crippen LogP contribution is 2.35. The van der Waals surface area contributed by atoms with Crippen LogP contribution in [0.15, 0.2) is 77.7 Å². The van der Waals surface area contributed by atoms with Crippen molar-refractivity contribution in [3.8, 4) is 0 Å². The Hall–Kier alpha value is -3.07. The Bertz CT molecular complexity index is 1440. The molecule has 3 aromatic carbocycles. The molecular formula is C30H35Cl2N3O4S. The molecule has 0 aromatic heterocycles. The molecule has 3 aromatic rings. The fraction of sp³-hybridized carbons (Fsp3) is 0.333. The van der Waals surface area contributed by atoms with E-state index in [0.29, 0.717) is 6.42 Å². The van der Waals surface area contributed by atoms with Crippen LogP contribution in [0, 0.1) is 6.92 Å². The van der Waals surface area contributed by atoms with Gasteiger partial charge in [0.2, 0.25) is 11.8 Å². The van der Waals surface area contributed by atoms with Crippen LogP contribution in [0.3, 0.4) is 0 Å². The molecule has 0 aliphatic carbocycles. The Kier molecular flexibility index (Phi) is 10.3. The number of rotatable bonds is 10. The first-order valence-corrected chi connectivity index (χ1v) is 15.1. The molecule has 7 nitrogen and oxygen atoms in total. The topological polar surface area (TPSA) is 86.8 Å². The highest BCUT2D eigenvalue weighted by molar-refractivity contribution is 7.92. The second-order valence-corrected chi connectivity index (χ2v) is 13.2. The lowest BCUT2D eigenvalue weighted by Crippen LogP contribution is -2.55. The van der Waals surface area contributed by atoms with E-state index < -0.39 is 34.1 Å². The van der Waals surface area contributed by atoms with Gasteiger partial charge in [-0.15, -0.1) is 0 Å². The van der Waals surface area contributed by atoms with E-state index in [1.807, 2.05) is 58.9 Å². The molecule has 0 bridgehead atoms. The van der Waals surface area contributed by atoms with E-state index in [0.717, 1.165) is 15.4 Å². The van der Waals surface area contributed by atoms with Crippen LogP contribution in [0.1, 0.15) is 45.2 Å². The Morgan fingerprint density at radius 3 is 2.12 bits per heavy atom. The third kappa shape index (κ3) is 7.77. The van der Waals surface area contributed by atoms with Crippen molar-refractivity contribution in [3.63, 3.8) is 0 Å². The van der Waals surface area contributed by atoms with Gasteiger partial charge in [0.1, 0.15) is 12.6 Å². The zero-order valence-corrected chi connectivity index (χ0v) is 25.6. The molecule has 1 atom stereocenters. The normalized spacial score (nSPS) is 12.5. The van der Waals surface area contributed by atoms with Gasteiger partial charge in [-0.25, -0.2) is 8.42 Å². The number of amides is 2. The summed E-state index contributed by atoms with van der Waals surface area (Å²) in [4.78, 5) is 28.9. The average molecular weight is 605 g/mol. The van der Waals surface area contributed by atoms with Crippen molar-refractivity contribution in [2.75, 3.05) is 10.8 Å². The third-order valence-electron chi connectivity index (χ3n) is 6.17. The molecule has 10 heteroatoms. The molecule has 2 amide bonds. The lowest BCUT2D eigenvalue weighted by Gasteiger charge is -2.35. The fourth-order valence-electron chi connectivity index (χ4n) is 4.18. The standard InChI is InChI=1S/C30H35Cl2N3O4S/c1-6-25(29(37)33-30(3,4)5)34(19-22-17-15-21(2)16-18-22)27(36)20-35(26-14-10-13-24(31)28(26)32)40(38,39)23-11-8-7-9-12-23/h7-18,25H,6,19-20H2,1-5H3,(H,33,37)/t25-/m1/s1. The Balaban J connectivity index is 2.10. The summed E-state index contributed by atoms with van der Waals surface area (Å²) in [5.41, 5.74) is 1.39. The molecule has 0 saturated carbocycles. The minimum Gasteiger partial charge on any atom is -0.350 e. The molecule has 214 valence electrons. The number of hydrogen-bond acceptors (Lipinski definition) is 4. The van der Waals surface area contributed by atoms with Gasteiger partial charge < -0.3 is 10.2 Å². The molecule has 0 saturated heterocycles. The van der Waals surface area contributed by atoms with Crippen LogP contribution in [-0.4, -0.2) is 43.3 Å². The lowest BCUT2D eigenvalue weighted by molar-refractivity contribution is -0.141. The number of benzene rings is 3. The Morgan fingerprint density at radius 2 is 1.55 bits per heavy atom. The first-order valence-electron chi connectivity index (χ1n) is 12.9. The van der Waals surface area contributed by atoms with Gasteiger partial charge in [-0.2, -0.15) is 0 Å². The molecule has 0 radical (unpaired) electrons. The summed E-state index contributed by atoms with van der Waals surface area (Å²) < 4.78 is 28.7. The quantitative estimate of drug-likeness (QED) is 0.298. The second kappa shape index (κ2) is 13.1. The summed E-state index contributed by atoms with van der Waals surface area (Å²) in [6.45, 7) is 8.87. The van der Waals surface area contributed by atoms with Gasteiger partial charge in [-0.1, -0.05) is 84.2 Å². The predicted octanol–water partition coefficient (Wildman–Crippen LogP) is 6.22. The molecule has 40 heavy (non-hydrogen) atoms. The first-order chi connectivity index (χ1) is 18.7. The molecule has 0 unspecified atom stereocenters. The number of hydrogen-bond donors (Lipinski definition) is 1. The first kappa shape index (κ1) is 31.5. The number of anilines is 1. The van der Waals surface area contributed by atoms with Crippen LogP contribution in [0.5, 0.6) is 0 Å². The van der Waals surface area contributed by atoms with E-state index in [9.17, 15) is 18.0 Å². The van der Waals surface area contributed by atoms with Crippen molar-refractivity contribution in [1.82, 2.24) is 10.2 Å². The summed E-state index contributed by atoms with van der Waals surface area (Å²) >= 11 is 12.7. The minimum absolute atomic E-state index is 0.000857. The van der Waals surface area contributed by atoms with Crippen molar-refractivity contribution in [2.45, 2.75) is 64.1 Å². The SMILES string of the molecule is CC[C@H](C(=O)NC(C)(C)C)N(Cc1ccc(C)cc1)C(=O)CN(c1cccc(Cl)c1Cl)S(=O)(=O)c1ccccc1. The van der Waals surface area contributed by atoms with E-state index in [1.165, 1.54) is 29.2 Å². The smallest absolute Gasteiger partial charge is 0.264 e. The molecule has 0 spiro atoms. The third-order valence-corrected chi connectivity index (χ3v) is 8.75. The number of carbonyl (C=O) groups is 2. The maximum absolute atomic E-state index is 14.1. The summed E-state index contributed by atoms with van der Waals surface area (Å²) in [5, 5.41) is 3.10. The van der Waals surface area contributed by atoms with Crippen LogP contribution >= 0.6 is 23.2 Å². The highest BCUT2D eigenvalue weighted by Gasteiger charge is 2.35. The van der Waals surface area contributed by atoms with Crippen LogP contribution < -0.4 is 9.62 Å². The Morgan fingerprint density at radius 1 is 0.925 bits per heavy atom. The fourth-order valence-corrected chi connectivity index (χ4v) is 6.08. The second-order valence-electron chi connectivity index (χ2n) is 10.6. The summed E-state index contributed by atoms with van der Waals surface area (Å²) in [6.07, 6.45) is 0.322. The highest BCUT2D eigenvalue weighted by atomic mass is 35.5. The number of sulfonamides is 1. The van der Waals surface area contributed by atoms with Crippen LogP contribution in [0.4, 0.5) is 5.69 Å². The number of halogens is 2. The summed E-state index contributed by atoms with van der Waals surface area (Å²) in [6, 6.07) is 19.2. The molecule has 0 fully saturated rings. The maximum Gasteiger partial charge on any atom is 0.264 e. The number of aryl methyl sites for hydroxylation is 1. The van der Waals surface area contributed by atoms with Crippen molar-refractivity contribution >= 4 is 50.7 Å². The van der Waals surface area contributed by atoms with Gasteiger partial charge in [0.25, 0.3) is 10.0 Å². The van der Waals surface area contributed by atoms with Gasteiger partial charge in [0, 0.05) is 12.1 Å². The number of nitrogens with zero attached hydrogens (tertiary/aromatic N) is 2. The monoisotopic (exact) mass is 603 g/mol. The van der Waals surface area contributed by atoms with E-state index in [2.05, 4.69) is 5.32 Å². The Labute approximate surface area is 247 Å². The van der Waals surface area contributed by atoms with Crippen molar-refractivity contribution in [2.24, 2.45) is 0 Å². The van der Waals surface area contributed by atoms with E-state index >= 15 is 0 Å². The van der Waals surface area contributed by atoms with Gasteiger partial charge in [-0.05, 0) is 63.9 Å². The van der Waals surface area contributed by atoms with Crippen LogP contribution in [0.2, 0.25) is 10.0 Å². The van der Waals surface area contributed by atoms with Crippen LogP contribution in [0.25, 0.3) is 0 Å². The summed E-state index contributed by atoms with van der Waals surface area (Å²) in [5.74, 6) is -0.888. The lowest BCUT2D eigenvalue weighted by atomic mass is 10.1. The molecule has 0 heterocycles. The zero-order chi connectivity index (χ0) is 29.7. The van der Waals surface area contributed by atoms with Crippen molar-refractivity contribution < 1.29 is 18.0 Å². The van der Waals surface area contributed by atoms with E-state index in [4.69, 9.17) is 23.2 Å². The molecule has 0 aliphatic rings. The molecule has 1 N–H and O–H groups in total. The van der Waals surface area contributed by atoms with Gasteiger partial charge in [-0.3, -0.25) is 13.9 Å². The van der Waals surface area contributed by atoms with Crippen LogP contribution in [-0.2, 0) is 26.2 Å². The molecule has 0 aliphatic heterocycles. The van der Waals surface area contributed by atoms with E-state index in [-0.39, 0.29) is 33.1 Å². The number of nitrogens with one attached hydrogen (secondary N) is 1. The zero-order valence-electron chi connectivity index (χ0n) is 23.3. The number of carbonyl (C=O) groups excluding carboxylic acids is 2. The summed E-state index contributed by atoms with van der Waals surface area (Å²) in [7, 11) is -4.24.